The topological polar surface area (TPSA) is 68.8 Å². The molecule has 97 heavy (non-hydrogen) atoms. The number of aromatic hydroxyl groups is 2. The van der Waals surface area contributed by atoms with Crippen LogP contribution < -0.4 is 9.47 Å². The minimum Gasteiger partial charge on any atom is -0.505 e. The number of phenolic OH excluding ortho intramolecular Hbond substituents is 2. The fraction of sp³-hybridized carbons (Fsp3) is 0.444. The summed E-state index contributed by atoms with van der Waals surface area (Å²) < 4.78 is 19.0. The van der Waals surface area contributed by atoms with Crippen LogP contribution in [-0.2, 0) is 58.7 Å². The van der Waals surface area contributed by atoms with Gasteiger partial charge in [-0.1, -0.05) is 226 Å². The fourth-order valence-corrected chi connectivity index (χ4v) is 15.8. The Morgan fingerprint density at radius 2 is 0.629 bits per heavy atom. The van der Waals surface area contributed by atoms with Crippen LogP contribution in [-0.4, -0.2) is 32.6 Å². The molecule has 0 radical (unpaired) electrons. The van der Waals surface area contributed by atoms with Gasteiger partial charge in [0, 0.05) is 43.8 Å². The van der Waals surface area contributed by atoms with Crippen molar-refractivity contribution < 1.29 is 45.9 Å². The maximum absolute atomic E-state index is 13.2. The third kappa shape index (κ3) is 15.7. The number of hydrogen-bond acceptors (Lipinski definition) is 4. The van der Waals surface area contributed by atoms with E-state index in [9.17, 15) is 10.2 Å². The van der Waals surface area contributed by atoms with Crippen molar-refractivity contribution in [3.8, 4) is 56.6 Å². The van der Waals surface area contributed by atoms with Gasteiger partial charge in [-0.25, -0.2) is 0 Å². The Labute approximate surface area is 604 Å². The van der Waals surface area contributed by atoms with Crippen molar-refractivity contribution in [2.24, 2.45) is 22.7 Å². The van der Waals surface area contributed by atoms with Gasteiger partial charge in [-0.05, 0) is 199 Å². The summed E-state index contributed by atoms with van der Waals surface area (Å²) in [6.45, 7) is 51.7. The van der Waals surface area contributed by atoms with Crippen LogP contribution in [0.25, 0.3) is 77.2 Å². The van der Waals surface area contributed by atoms with Gasteiger partial charge in [-0.2, -0.15) is 0 Å². The first-order chi connectivity index (χ1) is 43.7. The molecule has 1 aliphatic carbocycles. The molecule has 514 valence electrons. The predicted molar refractivity (Wildman–Crippen MR) is 414 cm³/mol. The molecule has 6 nitrogen and oxygen atoms in total. The van der Waals surface area contributed by atoms with Gasteiger partial charge in [0.25, 0.3) is 0 Å². The van der Waals surface area contributed by atoms with E-state index in [0.717, 1.165) is 106 Å². The maximum atomic E-state index is 13.2. The van der Waals surface area contributed by atoms with Gasteiger partial charge >= 0.3 is 26.2 Å². The summed E-state index contributed by atoms with van der Waals surface area (Å²) in [5, 5.41) is 31.2. The van der Waals surface area contributed by atoms with Crippen LogP contribution in [0.3, 0.4) is 0 Å². The van der Waals surface area contributed by atoms with Gasteiger partial charge in [0.05, 0.1) is 46.7 Å². The summed E-state index contributed by atoms with van der Waals surface area (Å²) in [5.41, 5.74) is 15.9. The molecule has 2 aromatic heterocycles. The summed E-state index contributed by atoms with van der Waals surface area (Å²) in [4.78, 5) is 0. The van der Waals surface area contributed by atoms with Gasteiger partial charge in [0.1, 0.15) is 23.0 Å². The molecule has 11 rings (SSSR count). The van der Waals surface area contributed by atoms with Gasteiger partial charge < -0.3 is 43.7 Å². The zero-order valence-corrected chi connectivity index (χ0v) is 66.2. The number of benzene rings is 8. The van der Waals surface area contributed by atoms with Gasteiger partial charge in [-0.15, -0.1) is 0 Å². The average Bonchev–Trinajstić information content (AvgIpc) is 1.61. The molecule has 0 amide bonds. The molecule has 0 spiro atoms. The number of hydrogen-bond donors (Lipinski definition) is 2. The normalized spacial score (nSPS) is 15.4. The number of nitrogens with zero attached hydrogens (tertiary/aromatic N) is 2. The molecule has 1 unspecified atom stereocenters. The van der Waals surface area contributed by atoms with E-state index in [1.807, 2.05) is 0 Å². The molecule has 0 aliphatic heterocycles. The van der Waals surface area contributed by atoms with Crippen molar-refractivity contribution in [1.82, 2.24) is 9.13 Å². The minimum atomic E-state index is -0.247. The quantitative estimate of drug-likeness (QED) is 0.106. The van der Waals surface area contributed by atoms with Crippen LogP contribution in [0.1, 0.15) is 224 Å². The van der Waals surface area contributed by atoms with Gasteiger partial charge in [0.2, 0.25) is 0 Å². The first-order valence-electron chi connectivity index (χ1n) is 35.1. The third-order valence-electron chi connectivity index (χ3n) is 20.5. The Bertz CT molecular complexity index is 4060. The van der Waals surface area contributed by atoms with Crippen LogP contribution in [0.15, 0.2) is 146 Å². The number of phenols is 2. The summed E-state index contributed by atoms with van der Waals surface area (Å²) in [7, 11) is 0. The molecule has 1 saturated carbocycles. The Hall–Kier alpha value is -6.56. The first kappa shape index (κ1) is 76.2. The maximum Gasteiger partial charge on any atom is 2.00 e. The average molecular weight is 1380 g/mol. The van der Waals surface area contributed by atoms with E-state index in [2.05, 4.69) is 307 Å². The summed E-state index contributed by atoms with van der Waals surface area (Å²) in [5.74, 6) is 2.41. The minimum absolute atomic E-state index is 0. The second-order valence-electron chi connectivity index (χ2n) is 36.0. The number of rotatable bonds is 14. The second kappa shape index (κ2) is 27.5. The monoisotopic (exact) mass is 1380 g/mol. The van der Waals surface area contributed by atoms with E-state index < -0.39 is 0 Å². The first-order valence-corrected chi connectivity index (χ1v) is 35.1. The van der Waals surface area contributed by atoms with Crippen molar-refractivity contribution in [2.45, 2.75) is 223 Å². The molecule has 1 fully saturated rings. The Morgan fingerprint density at radius 3 is 0.897 bits per heavy atom. The Balaban J connectivity index is 0.00000401. The van der Waals surface area contributed by atoms with E-state index in [-0.39, 0.29) is 108 Å². The molecule has 2 heterocycles. The van der Waals surface area contributed by atoms with Crippen LogP contribution in [0.5, 0.6) is 23.0 Å². The van der Waals surface area contributed by atoms with E-state index in [1.165, 1.54) is 54.9 Å². The summed E-state index contributed by atoms with van der Waals surface area (Å²) in [6.07, 6.45) is 6.17. The SMILES string of the molecule is CC(C)(C)CC(C)(C)c1cc(-c2ccccc2OCC2CCCC[C@@H]2COc2ccccc2-c2cc(C(C)(C)CC(C)(C)C)cc(-n3c4ccc(C(C)(C)C)cc4c4cc(C(C)(C)C)ccc43)c2O)c(O)c(-n2c3ccc(C(C)(C)C)cc3c3cc(C(C)(C)C)ccc32)c1.[CH3-].[CH3-].[Zr+2]. The Kier molecular flexibility index (Phi) is 21.6. The summed E-state index contributed by atoms with van der Waals surface area (Å²) >= 11 is 0. The van der Waals surface area contributed by atoms with E-state index in [4.69, 9.17) is 9.47 Å². The van der Waals surface area contributed by atoms with Crippen LogP contribution in [0, 0.1) is 37.5 Å². The molecule has 1 aliphatic rings. The molecule has 0 saturated heterocycles. The van der Waals surface area contributed by atoms with Crippen LogP contribution in [0.2, 0.25) is 0 Å². The zero-order valence-electron chi connectivity index (χ0n) is 63.8. The molecule has 0 bridgehead atoms. The molecular formula is C90H116N2O4Zr. The molecule has 8 aromatic carbocycles. The molecular weight excluding hydrogens is 1260 g/mol. The zero-order chi connectivity index (χ0) is 68.2. The second-order valence-corrected chi connectivity index (χ2v) is 36.0. The molecule has 2 N–H and O–H groups in total. The molecule has 7 heteroatoms. The number of para-hydroxylation sites is 2. The standard InChI is InChI=1S/C88H110N2O4.2CH3.Zr/c1-81(2,3)53-87(19,20)61-47-69(79(91)75(49-61)89-71-39-35-57(83(7,8)9)43-65(71)66-44-58(84(10,11)12)36-40-72(66)89)63-31-25-27-33-77(63)93-51-55-29-23-24-30-56(55)52-94-78-34-28-26-32-64(78)70-48-62(88(21,22)54-82(4,5)6)50-76(80(70)92)90-73-41-37-59(85(13,14)15)45-67(73)68-46-60(86(16,17)18)38-42-74(68)90;;;/h25-28,31-50,55-56,91-92H,23-24,29-30,51-54H2,1-22H3;2*1H3;/q;2*-1;+2/t55-,56?;;;/m1.../s1. The van der Waals surface area contributed by atoms with Crippen molar-refractivity contribution in [3.05, 3.63) is 194 Å². The van der Waals surface area contributed by atoms with Crippen LogP contribution >= 0.6 is 0 Å². The number of aromatic nitrogens is 2. The largest absolute Gasteiger partial charge is 2.00 e. The smallest absolute Gasteiger partial charge is 0.505 e. The summed E-state index contributed by atoms with van der Waals surface area (Å²) in [6, 6.07) is 53.3. The third-order valence-corrected chi connectivity index (χ3v) is 20.5. The van der Waals surface area contributed by atoms with Crippen molar-refractivity contribution >= 4 is 43.6 Å². The Morgan fingerprint density at radius 1 is 0.351 bits per heavy atom. The molecule has 10 aromatic rings. The number of ether oxygens (including phenoxy) is 2. The fourth-order valence-electron chi connectivity index (χ4n) is 15.8. The molecule has 2 atom stereocenters. The van der Waals surface area contributed by atoms with Gasteiger partial charge in [-0.3, -0.25) is 0 Å². The van der Waals surface area contributed by atoms with Crippen molar-refractivity contribution in [1.29, 1.82) is 0 Å². The van der Waals surface area contributed by atoms with Gasteiger partial charge in [0.15, 0.2) is 0 Å². The number of fused-ring (bicyclic) bond motifs is 6. The van der Waals surface area contributed by atoms with Crippen molar-refractivity contribution in [2.75, 3.05) is 13.2 Å². The van der Waals surface area contributed by atoms with E-state index in [0.29, 0.717) is 13.2 Å². The van der Waals surface area contributed by atoms with Crippen LogP contribution in [0.4, 0.5) is 0 Å². The van der Waals surface area contributed by atoms with E-state index >= 15 is 0 Å². The van der Waals surface area contributed by atoms with Crippen molar-refractivity contribution in [3.63, 3.8) is 0 Å². The van der Waals surface area contributed by atoms with E-state index in [1.54, 1.807) is 0 Å². The predicted octanol–water partition coefficient (Wildman–Crippen LogP) is 25.4.